The van der Waals surface area contributed by atoms with E-state index in [1.807, 2.05) is 6.08 Å². The topological polar surface area (TPSA) is 119 Å². The molecule has 0 bridgehead atoms. The first kappa shape index (κ1) is 49.3. The highest BCUT2D eigenvalue weighted by Gasteiger charge is 2.19. The Morgan fingerprint density at radius 1 is 0.577 bits per heavy atom. The molecule has 0 aliphatic rings. The molecule has 7 heteroatoms. The molecule has 0 spiro atoms. The maximum absolute atomic E-state index is 12.7. The molecule has 0 aliphatic carbocycles. The van der Waals surface area contributed by atoms with Crippen LogP contribution in [0.3, 0.4) is 0 Å². The normalized spacial score (nSPS) is 13.1. The summed E-state index contributed by atoms with van der Waals surface area (Å²) in [5, 5.41) is 11.9. The predicted octanol–water partition coefficient (Wildman–Crippen LogP) is 12.0. The van der Waals surface area contributed by atoms with Gasteiger partial charge in [0.2, 0.25) is 5.91 Å². The Morgan fingerprint density at radius 2 is 1.06 bits per heavy atom. The van der Waals surface area contributed by atoms with Gasteiger partial charge in [0.15, 0.2) is 0 Å². The van der Waals surface area contributed by atoms with Crippen LogP contribution in [0.1, 0.15) is 200 Å². The molecule has 0 saturated carbocycles. The molecule has 0 heterocycles. The molecular weight excluding hydrogens is 649 g/mol. The molecule has 4 N–H and O–H groups in total. The van der Waals surface area contributed by atoms with Crippen LogP contribution in [0.4, 0.5) is 0 Å². The SMILES string of the molecule is CCCCCC/C=C\C/C=C\CCCCCCCCCC(=O)OC(/C=C\C/C=C\CCCCCC)CCCCCCC(=O)NC(CCCN)C(=O)O. The van der Waals surface area contributed by atoms with E-state index in [0.717, 1.165) is 57.8 Å². The van der Waals surface area contributed by atoms with E-state index < -0.39 is 12.0 Å². The van der Waals surface area contributed by atoms with E-state index in [-0.39, 0.29) is 18.0 Å². The number of carbonyl (C=O) groups excluding carboxylic acids is 2. The summed E-state index contributed by atoms with van der Waals surface area (Å²) in [7, 11) is 0. The third-order valence-electron chi connectivity index (χ3n) is 9.35. The third-order valence-corrected chi connectivity index (χ3v) is 9.35. The van der Waals surface area contributed by atoms with Gasteiger partial charge in [0.25, 0.3) is 0 Å². The number of rotatable bonds is 38. The fraction of sp³-hybridized carbons (Fsp3) is 0.756. The Kier molecular flexibility index (Phi) is 37.5. The zero-order chi connectivity index (χ0) is 38.2. The van der Waals surface area contributed by atoms with Crippen LogP contribution in [0.15, 0.2) is 48.6 Å². The van der Waals surface area contributed by atoms with E-state index in [1.54, 1.807) is 0 Å². The number of aliphatic carboxylic acids is 1. The first-order valence-electron chi connectivity index (χ1n) is 21.5. The van der Waals surface area contributed by atoms with Crippen LogP contribution in [0, 0.1) is 0 Å². The molecule has 0 saturated heterocycles. The van der Waals surface area contributed by atoms with Gasteiger partial charge in [-0.2, -0.15) is 0 Å². The fourth-order valence-electron chi connectivity index (χ4n) is 6.08. The van der Waals surface area contributed by atoms with Gasteiger partial charge in [-0.25, -0.2) is 4.79 Å². The summed E-state index contributed by atoms with van der Waals surface area (Å²) >= 11 is 0. The number of ether oxygens (including phenoxy) is 1. The predicted molar refractivity (Wildman–Crippen MR) is 220 cm³/mol. The van der Waals surface area contributed by atoms with Crippen molar-refractivity contribution < 1.29 is 24.2 Å². The minimum atomic E-state index is -1.02. The van der Waals surface area contributed by atoms with E-state index in [4.69, 9.17) is 10.5 Å². The highest BCUT2D eigenvalue weighted by atomic mass is 16.5. The zero-order valence-electron chi connectivity index (χ0n) is 33.6. The smallest absolute Gasteiger partial charge is 0.326 e. The van der Waals surface area contributed by atoms with E-state index in [9.17, 15) is 19.5 Å². The maximum Gasteiger partial charge on any atom is 0.326 e. The maximum atomic E-state index is 12.7. The molecule has 1 amide bonds. The van der Waals surface area contributed by atoms with Crippen molar-refractivity contribution in [1.29, 1.82) is 0 Å². The quantitative estimate of drug-likeness (QED) is 0.0331. The Hall–Kier alpha value is -2.67. The van der Waals surface area contributed by atoms with Gasteiger partial charge in [-0.15, -0.1) is 0 Å². The standard InChI is InChI=1S/C45H80N2O5/c1-3-5-7-9-11-13-14-15-16-17-18-19-20-21-23-25-27-33-39-44(49)52-41(35-30-26-24-22-12-10-8-6-4-2)36-31-28-29-32-38-43(48)47-42(45(50)51)37-34-40-46/h13-14,16-17,22,24,30,35,41-42H,3-12,15,18-21,23,25-29,31-34,36-40,46H2,1-2H3,(H,47,48)(H,50,51)/b14-13-,17-16-,24-22-,35-30-. The number of esters is 1. The second kappa shape index (κ2) is 39.5. The van der Waals surface area contributed by atoms with Crippen LogP contribution in [0.5, 0.6) is 0 Å². The molecule has 0 aromatic rings. The van der Waals surface area contributed by atoms with Crippen molar-refractivity contribution in [1.82, 2.24) is 5.32 Å². The largest absolute Gasteiger partial charge is 0.480 e. The number of hydrogen-bond donors (Lipinski definition) is 3. The Morgan fingerprint density at radius 3 is 1.60 bits per heavy atom. The summed E-state index contributed by atoms with van der Waals surface area (Å²) < 4.78 is 5.91. The second-order valence-corrected chi connectivity index (χ2v) is 14.4. The lowest BCUT2D eigenvalue weighted by molar-refractivity contribution is -0.147. The second-order valence-electron chi connectivity index (χ2n) is 14.4. The van der Waals surface area contributed by atoms with Crippen LogP contribution in [0.25, 0.3) is 0 Å². The number of carboxylic acid groups (broad SMARTS) is 1. The average Bonchev–Trinajstić information content (AvgIpc) is 3.13. The molecule has 0 radical (unpaired) electrons. The van der Waals surface area contributed by atoms with Gasteiger partial charge >= 0.3 is 11.9 Å². The average molecular weight is 729 g/mol. The lowest BCUT2D eigenvalue weighted by Gasteiger charge is -2.15. The van der Waals surface area contributed by atoms with Crippen molar-refractivity contribution in [3.05, 3.63) is 48.6 Å². The molecule has 0 aliphatic heterocycles. The minimum absolute atomic E-state index is 0.112. The van der Waals surface area contributed by atoms with Gasteiger partial charge in [0.1, 0.15) is 12.1 Å². The van der Waals surface area contributed by atoms with Crippen molar-refractivity contribution >= 4 is 17.8 Å². The van der Waals surface area contributed by atoms with Crippen molar-refractivity contribution in [2.45, 2.75) is 212 Å². The molecule has 0 rings (SSSR count). The monoisotopic (exact) mass is 729 g/mol. The minimum Gasteiger partial charge on any atom is -0.480 e. The summed E-state index contributed by atoms with van der Waals surface area (Å²) in [6, 6.07) is -0.876. The molecule has 2 unspecified atom stereocenters. The molecular formula is C45H80N2O5. The first-order valence-corrected chi connectivity index (χ1v) is 21.5. The summed E-state index contributed by atoms with van der Waals surface area (Å²) in [4.78, 5) is 36.3. The van der Waals surface area contributed by atoms with Gasteiger partial charge in [0, 0.05) is 12.8 Å². The number of hydrogen-bond acceptors (Lipinski definition) is 5. The zero-order valence-corrected chi connectivity index (χ0v) is 33.6. The fourth-order valence-corrected chi connectivity index (χ4v) is 6.08. The van der Waals surface area contributed by atoms with Crippen LogP contribution in [0.2, 0.25) is 0 Å². The van der Waals surface area contributed by atoms with Crippen LogP contribution < -0.4 is 11.1 Å². The third kappa shape index (κ3) is 35.7. The van der Waals surface area contributed by atoms with E-state index in [2.05, 4.69) is 61.7 Å². The van der Waals surface area contributed by atoms with Gasteiger partial charge in [-0.05, 0) is 103 Å². The highest BCUT2D eigenvalue weighted by molar-refractivity contribution is 5.83. The molecule has 300 valence electrons. The number of carboxylic acids is 1. The summed E-state index contributed by atoms with van der Waals surface area (Å²) in [6.45, 7) is 4.88. The van der Waals surface area contributed by atoms with Gasteiger partial charge < -0.3 is 20.9 Å². The van der Waals surface area contributed by atoms with Crippen molar-refractivity contribution in [2.75, 3.05) is 6.54 Å². The van der Waals surface area contributed by atoms with Crippen molar-refractivity contribution in [3.8, 4) is 0 Å². The summed E-state index contributed by atoms with van der Waals surface area (Å²) in [5.74, 6) is -1.36. The number of unbranched alkanes of at least 4 members (excludes halogenated alkanes) is 18. The molecule has 0 aromatic carbocycles. The molecule has 7 nitrogen and oxygen atoms in total. The number of nitrogens with one attached hydrogen (secondary N) is 1. The lowest BCUT2D eigenvalue weighted by atomic mass is 10.1. The Balaban J connectivity index is 4.32. The van der Waals surface area contributed by atoms with Gasteiger partial charge in [-0.1, -0.05) is 140 Å². The Labute approximate surface area is 319 Å². The van der Waals surface area contributed by atoms with Crippen molar-refractivity contribution in [3.63, 3.8) is 0 Å². The van der Waals surface area contributed by atoms with Crippen LogP contribution >= 0.6 is 0 Å². The number of carbonyl (C=O) groups is 3. The Bertz CT molecular complexity index is 957. The first-order chi connectivity index (χ1) is 25.4. The molecule has 52 heavy (non-hydrogen) atoms. The van der Waals surface area contributed by atoms with Crippen LogP contribution in [-0.4, -0.2) is 41.6 Å². The van der Waals surface area contributed by atoms with E-state index in [0.29, 0.717) is 38.6 Å². The summed E-state index contributed by atoms with van der Waals surface area (Å²) in [6.07, 6.45) is 47.4. The molecule has 0 fully saturated rings. The molecule has 0 aromatic heterocycles. The number of allylic oxidation sites excluding steroid dienone is 7. The van der Waals surface area contributed by atoms with Crippen molar-refractivity contribution in [2.24, 2.45) is 5.73 Å². The van der Waals surface area contributed by atoms with Crippen LogP contribution in [-0.2, 0) is 19.1 Å². The van der Waals surface area contributed by atoms with E-state index >= 15 is 0 Å². The molecule has 2 atom stereocenters. The van der Waals surface area contributed by atoms with Gasteiger partial charge in [0.05, 0.1) is 0 Å². The van der Waals surface area contributed by atoms with E-state index in [1.165, 1.54) is 96.3 Å². The summed E-state index contributed by atoms with van der Waals surface area (Å²) in [5.41, 5.74) is 5.48. The number of nitrogens with two attached hydrogens (primary N) is 1. The number of amides is 1. The van der Waals surface area contributed by atoms with Gasteiger partial charge in [-0.3, -0.25) is 9.59 Å². The lowest BCUT2D eigenvalue weighted by Crippen LogP contribution is -2.40. The highest BCUT2D eigenvalue weighted by Crippen LogP contribution is 2.15.